The SMILES string of the molecule is CC1(C)C2=CC(=O)c3ccccc3C2=[N+]([O-])C1O. The minimum Gasteiger partial charge on any atom is -0.621 e. The first-order chi connectivity index (χ1) is 8.44. The largest absolute Gasteiger partial charge is 0.621 e. The van der Waals surface area contributed by atoms with Crippen molar-refractivity contribution in [3.8, 4) is 0 Å². The van der Waals surface area contributed by atoms with E-state index in [9.17, 15) is 15.1 Å². The van der Waals surface area contributed by atoms with Gasteiger partial charge in [0.05, 0.1) is 11.0 Å². The molecule has 1 aromatic carbocycles. The molecule has 1 heterocycles. The monoisotopic (exact) mass is 243 g/mol. The van der Waals surface area contributed by atoms with Gasteiger partial charge in [-0.15, -0.1) is 0 Å². The first kappa shape index (κ1) is 11.2. The highest BCUT2D eigenvalue weighted by Gasteiger charge is 2.52. The van der Waals surface area contributed by atoms with Gasteiger partial charge in [0.2, 0.25) is 5.71 Å². The Balaban J connectivity index is 2.34. The van der Waals surface area contributed by atoms with Gasteiger partial charge in [0, 0.05) is 11.1 Å². The number of hydrogen-bond donors (Lipinski definition) is 1. The van der Waals surface area contributed by atoms with E-state index in [1.54, 1.807) is 38.1 Å². The smallest absolute Gasteiger partial charge is 0.275 e. The molecule has 92 valence electrons. The van der Waals surface area contributed by atoms with E-state index >= 15 is 0 Å². The highest BCUT2D eigenvalue weighted by atomic mass is 16.5. The van der Waals surface area contributed by atoms with E-state index in [-0.39, 0.29) is 5.78 Å². The molecule has 2 aliphatic rings. The van der Waals surface area contributed by atoms with Crippen molar-refractivity contribution in [3.63, 3.8) is 0 Å². The summed E-state index contributed by atoms with van der Waals surface area (Å²) < 4.78 is 0.608. The van der Waals surface area contributed by atoms with Crippen LogP contribution in [0.4, 0.5) is 0 Å². The molecule has 1 aliphatic carbocycles. The van der Waals surface area contributed by atoms with Gasteiger partial charge in [-0.1, -0.05) is 18.2 Å². The number of aliphatic hydroxyl groups is 1. The van der Waals surface area contributed by atoms with E-state index in [0.29, 0.717) is 27.2 Å². The fourth-order valence-corrected chi connectivity index (χ4v) is 2.61. The van der Waals surface area contributed by atoms with Crippen LogP contribution in [0.5, 0.6) is 0 Å². The topological polar surface area (TPSA) is 63.4 Å². The molecule has 0 saturated carbocycles. The van der Waals surface area contributed by atoms with Crippen LogP contribution in [-0.4, -0.2) is 27.6 Å². The molecule has 18 heavy (non-hydrogen) atoms. The fourth-order valence-electron chi connectivity index (χ4n) is 2.61. The highest BCUT2D eigenvalue weighted by molar-refractivity contribution is 6.25. The van der Waals surface area contributed by atoms with Crippen LogP contribution in [-0.2, 0) is 0 Å². The number of carbonyl (C=O) groups is 1. The van der Waals surface area contributed by atoms with Crippen LogP contribution in [0.3, 0.4) is 0 Å². The Morgan fingerprint density at radius 3 is 2.56 bits per heavy atom. The number of hydroxylamine groups is 1. The Labute approximate surface area is 104 Å². The quantitative estimate of drug-likeness (QED) is 0.554. The Hall–Kier alpha value is -1.94. The molecule has 0 amide bonds. The zero-order valence-electron chi connectivity index (χ0n) is 10.2. The number of benzene rings is 1. The Morgan fingerprint density at radius 2 is 1.89 bits per heavy atom. The van der Waals surface area contributed by atoms with Crippen molar-refractivity contribution in [1.29, 1.82) is 0 Å². The molecule has 0 spiro atoms. The molecular formula is C14H13NO3. The summed E-state index contributed by atoms with van der Waals surface area (Å²) in [6.07, 6.45) is 0.316. The summed E-state index contributed by atoms with van der Waals surface area (Å²) in [7, 11) is 0. The second kappa shape index (κ2) is 3.29. The van der Waals surface area contributed by atoms with Gasteiger partial charge in [-0.2, -0.15) is 4.74 Å². The molecule has 4 nitrogen and oxygen atoms in total. The standard InChI is InChI=1S/C14H13NO3/c1-14(2)10-7-11(16)8-5-3-4-6-9(8)12(10)15(18)13(14)17/h3-7,13,17H,1-2H3. The number of allylic oxidation sites excluding steroid dienone is 1. The molecule has 1 aromatic rings. The Morgan fingerprint density at radius 1 is 1.28 bits per heavy atom. The minimum absolute atomic E-state index is 0.111. The van der Waals surface area contributed by atoms with Crippen molar-refractivity contribution in [2.24, 2.45) is 5.41 Å². The van der Waals surface area contributed by atoms with Crippen molar-refractivity contribution in [1.82, 2.24) is 0 Å². The normalized spacial score (nSPS) is 24.7. The summed E-state index contributed by atoms with van der Waals surface area (Å²) in [6.45, 7) is 3.53. The number of nitrogens with zero attached hydrogens (tertiary/aromatic N) is 1. The molecule has 3 rings (SSSR count). The lowest BCUT2D eigenvalue weighted by molar-refractivity contribution is -0.557. The molecular weight excluding hydrogens is 230 g/mol. The molecule has 0 bridgehead atoms. The van der Waals surface area contributed by atoms with Crippen LogP contribution in [0.15, 0.2) is 35.9 Å². The first-order valence-corrected chi connectivity index (χ1v) is 5.82. The molecule has 1 N–H and O–H groups in total. The van der Waals surface area contributed by atoms with E-state index in [0.717, 1.165) is 0 Å². The third-order valence-corrected chi connectivity index (χ3v) is 3.76. The van der Waals surface area contributed by atoms with Crippen LogP contribution in [0.2, 0.25) is 0 Å². The molecule has 0 aromatic heterocycles. The first-order valence-electron chi connectivity index (χ1n) is 5.82. The second-order valence-corrected chi connectivity index (χ2v) is 5.24. The van der Waals surface area contributed by atoms with Gasteiger partial charge in [-0.05, 0) is 26.0 Å². The average molecular weight is 243 g/mol. The maximum Gasteiger partial charge on any atom is 0.275 e. The number of aliphatic hydroxyl groups excluding tert-OH is 1. The predicted octanol–water partition coefficient (Wildman–Crippen LogP) is 1.47. The molecule has 1 atom stereocenters. The van der Waals surface area contributed by atoms with E-state index in [2.05, 4.69) is 0 Å². The van der Waals surface area contributed by atoms with Gasteiger partial charge in [0.1, 0.15) is 0 Å². The minimum atomic E-state index is -1.15. The second-order valence-electron chi connectivity index (χ2n) is 5.24. The van der Waals surface area contributed by atoms with Gasteiger partial charge in [-0.25, -0.2) is 0 Å². The summed E-state index contributed by atoms with van der Waals surface area (Å²) in [5.41, 5.74) is 1.43. The third-order valence-electron chi connectivity index (χ3n) is 3.76. The van der Waals surface area contributed by atoms with Gasteiger partial charge in [0.15, 0.2) is 5.78 Å². The average Bonchev–Trinajstić information content (AvgIpc) is 2.52. The molecule has 0 radical (unpaired) electrons. The van der Waals surface area contributed by atoms with Crippen LogP contribution in [0, 0.1) is 10.6 Å². The van der Waals surface area contributed by atoms with E-state index in [1.807, 2.05) is 0 Å². The molecule has 0 saturated heterocycles. The number of hydrogen-bond acceptors (Lipinski definition) is 3. The van der Waals surface area contributed by atoms with Crippen molar-refractivity contribution in [2.75, 3.05) is 0 Å². The van der Waals surface area contributed by atoms with Crippen LogP contribution >= 0.6 is 0 Å². The van der Waals surface area contributed by atoms with Crippen LogP contribution in [0.25, 0.3) is 0 Å². The summed E-state index contributed by atoms with van der Waals surface area (Å²) in [6, 6.07) is 6.99. The van der Waals surface area contributed by atoms with Crippen molar-refractivity contribution in [3.05, 3.63) is 52.2 Å². The summed E-state index contributed by atoms with van der Waals surface area (Å²) in [4.78, 5) is 12.0. The lowest BCUT2D eigenvalue weighted by Crippen LogP contribution is -2.31. The number of fused-ring (bicyclic) bond motifs is 3. The Kier molecular flexibility index (Phi) is 2.04. The van der Waals surface area contributed by atoms with E-state index in [4.69, 9.17) is 0 Å². The summed E-state index contributed by atoms with van der Waals surface area (Å²) in [5, 5.41) is 22.1. The molecule has 1 unspecified atom stereocenters. The highest BCUT2D eigenvalue weighted by Crippen LogP contribution is 2.41. The van der Waals surface area contributed by atoms with E-state index < -0.39 is 11.6 Å². The molecule has 0 fully saturated rings. The number of ketones is 1. The number of rotatable bonds is 0. The van der Waals surface area contributed by atoms with Crippen molar-refractivity contribution in [2.45, 2.75) is 20.1 Å². The van der Waals surface area contributed by atoms with Gasteiger partial charge in [-0.3, -0.25) is 4.79 Å². The van der Waals surface area contributed by atoms with Crippen molar-refractivity contribution < 1.29 is 14.6 Å². The summed E-state index contributed by atoms with van der Waals surface area (Å²) in [5.74, 6) is -0.111. The third kappa shape index (κ3) is 1.18. The lowest BCUT2D eigenvalue weighted by atomic mass is 9.77. The van der Waals surface area contributed by atoms with E-state index in [1.165, 1.54) is 6.08 Å². The zero-order valence-corrected chi connectivity index (χ0v) is 10.2. The maximum absolute atomic E-state index is 12.1. The van der Waals surface area contributed by atoms with Gasteiger partial charge < -0.3 is 10.3 Å². The number of carbonyl (C=O) groups excluding carboxylic acids is 1. The van der Waals surface area contributed by atoms with Gasteiger partial charge in [0.25, 0.3) is 6.23 Å². The fraction of sp³-hybridized carbons (Fsp3) is 0.286. The predicted molar refractivity (Wildman–Crippen MR) is 66.4 cm³/mol. The van der Waals surface area contributed by atoms with Gasteiger partial charge >= 0.3 is 0 Å². The van der Waals surface area contributed by atoms with Crippen LogP contribution < -0.4 is 0 Å². The maximum atomic E-state index is 12.1. The lowest BCUT2D eigenvalue weighted by Gasteiger charge is -2.21. The van der Waals surface area contributed by atoms with Crippen molar-refractivity contribution >= 4 is 11.5 Å². The summed E-state index contributed by atoms with van der Waals surface area (Å²) >= 11 is 0. The molecule has 1 aliphatic heterocycles. The zero-order chi connectivity index (χ0) is 13.1. The Bertz CT molecular complexity index is 626. The van der Waals surface area contributed by atoms with Crippen LogP contribution in [0.1, 0.15) is 29.8 Å². The molecule has 4 heteroatoms.